The Bertz CT molecular complexity index is 531. The van der Waals surface area contributed by atoms with Crippen LogP contribution in [0.4, 0.5) is 0 Å². The molecule has 15 heavy (non-hydrogen) atoms. The third-order valence-corrected chi connectivity index (χ3v) is 2.55. The van der Waals surface area contributed by atoms with E-state index in [9.17, 15) is 4.79 Å². The summed E-state index contributed by atoms with van der Waals surface area (Å²) in [7, 11) is 5.33. The van der Waals surface area contributed by atoms with Crippen molar-refractivity contribution < 1.29 is 9.53 Å². The van der Waals surface area contributed by atoms with Crippen LogP contribution in [0.2, 0.25) is 0 Å². The first-order valence-electron chi connectivity index (χ1n) is 4.77. The normalized spacial score (nSPS) is 10.5. The molecule has 4 heteroatoms. The van der Waals surface area contributed by atoms with Gasteiger partial charge in [0.15, 0.2) is 0 Å². The lowest BCUT2D eigenvalue weighted by Gasteiger charge is -2.04. The minimum Gasteiger partial charge on any atom is -0.465 e. The van der Waals surface area contributed by atoms with Gasteiger partial charge in [-0.2, -0.15) is 0 Å². The van der Waals surface area contributed by atoms with Gasteiger partial charge in [-0.3, -0.25) is 0 Å². The van der Waals surface area contributed by atoms with Gasteiger partial charge in [0, 0.05) is 24.1 Å². The summed E-state index contributed by atoms with van der Waals surface area (Å²) in [5, 5.41) is 0.940. The highest BCUT2D eigenvalue weighted by atomic mass is 16.5. The summed E-state index contributed by atoms with van der Waals surface area (Å²) in [5.41, 5.74) is 2.74. The molecule has 2 aromatic rings. The van der Waals surface area contributed by atoms with E-state index >= 15 is 0 Å². The number of methoxy groups -OCH3 is 1. The minimum atomic E-state index is -0.282. The van der Waals surface area contributed by atoms with Gasteiger partial charge in [-0.1, -0.05) is 11.5 Å². The molecular formula is C11H12BNO2. The highest BCUT2D eigenvalue weighted by Gasteiger charge is 2.12. The van der Waals surface area contributed by atoms with Gasteiger partial charge in [0.25, 0.3) is 0 Å². The van der Waals surface area contributed by atoms with Crippen molar-refractivity contribution in [3.05, 3.63) is 30.0 Å². The van der Waals surface area contributed by atoms with Crippen LogP contribution in [-0.4, -0.2) is 25.5 Å². The predicted molar refractivity (Wildman–Crippen MR) is 62.4 cm³/mol. The van der Waals surface area contributed by atoms with Crippen LogP contribution in [0.25, 0.3) is 10.9 Å². The van der Waals surface area contributed by atoms with Crippen molar-refractivity contribution in [2.75, 3.05) is 7.11 Å². The van der Waals surface area contributed by atoms with Crippen LogP contribution in [0.5, 0.6) is 0 Å². The Morgan fingerprint density at radius 3 is 2.87 bits per heavy atom. The summed E-state index contributed by atoms with van der Waals surface area (Å²) >= 11 is 0. The average molecular weight is 201 g/mol. The molecule has 1 heterocycles. The SMILES string of the molecule is Bc1cc(C(=O)OC)c2ccn(C)c2c1. The maximum Gasteiger partial charge on any atom is 0.338 e. The van der Waals surface area contributed by atoms with E-state index in [0.29, 0.717) is 5.56 Å². The van der Waals surface area contributed by atoms with E-state index in [-0.39, 0.29) is 5.97 Å². The molecule has 0 fully saturated rings. The monoisotopic (exact) mass is 201 g/mol. The molecule has 0 N–H and O–H groups in total. The van der Waals surface area contributed by atoms with Gasteiger partial charge >= 0.3 is 5.97 Å². The van der Waals surface area contributed by atoms with Crippen LogP contribution in [0, 0.1) is 0 Å². The highest BCUT2D eigenvalue weighted by molar-refractivity contribution is 6.34. The zero-order chi connectivity index (χ0) is 11.0. The molecular weight excluding hydrogens is 189 g/mol. The fourth-order valence-corrected chi connectivity index (χ4v) is 1.79. The van der Waals surface area contributed by atoms with E-state index in [1.165, 1.54) is 7.11 Å². The first-order valence-corrected chi connectivity index (χ1v) is 4.77. The Labute approximate surface area is 89.1 Å². The van der Waals surface area contributed by atoms with Crippen molar-refractivity contribution in [3.8, 4) is 0 Å². The molecule has 0 bridgehead atoms. The predicted octanol–water partition coefficient (Wildman–Crippen LogP) is 0.223. The number of rotatable bonds is 1. The third-order valence-electron chi connectivity index (χ3n) is 2.55. The molecule has 1 aromatic heterocycles. The summed E-state index contributed by atoms with van der Waals surface area (Å²) in [4.78, 5) is 11.6. The van der Waals surface area contributed by atoms with Gasteiger partial charge in [0.05, 0.1) is 12.7 Å². The number of ether oxygens (including phenoxy) is 1. The zero-order valence-corrected chi connectivity index (χ0v) is 9.07. The average Bonchev–Trinajstić information content (AvgIpc) is 2.58. The molecule has 2 rings (SSSR count). The van der Waals surface area contributed by atoms with E-state index in [4.69, 9.17) is 4.74 Å². The summed E-state index contributed by atoms with van der Waals surface area (Å²) in [6, 6.07) is 5.84. The van der Waals surface area contributed by atoms with Crippen LogP contribution < -0.4 is 5.46 Å². The molecule has 0 saturated carbocycles. The van der Waals surface area contributed by atoms with Crippen LogP contribution >= 0.6 is 0 Å². The summed E-state index contributed by atoms with van der Waals surface area (Å²) in [6.07, 6.45) is 1.94. The van der Waals surface area contributed by atoms with Crippen LogP contribution in [0.15, 0.2) is 24.4 Å². The fourth-order valence-electron chi connectivity index (χ4n) is 1.79. The summed E-state index contributed by atoms with van der Waals surface area (Å²) < 4.78 is 6.76. The minimum absolute atomic E-state index is 0.282. The van der Waals surface area contributed by atoms with Gasteiger partial charge in [0.2, 0.25) is 0 Å². The maximum atomic E-state index is 11.6. The zero-order valence-electron chi connectivity index (χ0n) is 9.07. The van der Waals surface area contributed by atoms with Gasteiger partial charge in [-0.15, -0.1) is 0 Å². The molecule has 0 atom stereocenters. The number of hydrogen-bond donors (Lipinski definition) is 0. The number of hydrogen-bond acceptors (Lipinski definition) is 2. The standard InChI is InChI=1S/C11H12BNO2/c1-13-4-3-8-9(11(14)15-2)5-7(12)6-10(8)13/h3-6H,12H2,1-2H3. The molecule has 76 valence electrons. The quantitative estimate of drug-likeness (QED) is 0.488. The van der Waals surface area contributed by atoms with E-state index in [0.717, 1.165) is 16.4 Å². The Morgan fingerprint density at radius 1 is 1.47 bits per heavy atom. The Kier molecular flexibility index (Phi) is 2.27. The lowest BCUT2D eigenvalue weighted by Crippen LogP contribution is -2.10. The Morgan fingerprint density at radius 2 is 2.20 bits per heavy atom. The fraction of sp³-hybridized carbons (Fsp3) is 0.182. The Hall–Kier alpha value is -1.71. The molecule has 0 aliphatic rings. The molecule has 0 spiro atoms. The number of aromatic nitrogens is 1. The van der Waals surface area contributed by atoms with Crippen molar-refractivity contribution >= 4 is 30.2 Å². The largest absolute Gasteiger partial charge is 0.465 e. The van der Waals surface area contributed by atoms with Crippen molar-refractivity contribution in [1.29, 1.82) is 0 Å². The van der Waals surface area contributed by atoms with Gasteiger partial charge in [-0.05, 0) is 12.1 Å². The van der Waals surface area contributed by atoms with Crippen molar-refractivity contribution in [2.24, 2.45) is 7.05 Å². The number of esters is 1. The van der Waals surface area contributed by atoms with E-state index in [1.807, 2.05) is 37.8 Å². The van der Waals surface area contributed by atoms with Crippen molar-refractivity contribution in [2.45, 2.75) is 0 Å². The number of benzene rings is 1. The third kappa shape index (κ3) is 1.52. The second-order valence-electron chi connectivity index (χ2n) is 3.66. The molecule has 0 unspecified atom stereocenters. The smallest absolute Gasteiger partial charge is 0.338 e. The first kappa shape index (κ1) is 9.83. The summed E-state index contributed by atoms with van der Waals surface area (Å²) in [5.74, 6) is -0.282. The summed E-state index contributed by atoms with van der Waals surface area (Å²) in [6.45, 7) is 0. The van der Waals surface area contributed by atoms with Crippen LogP contribution in [0.1, 0.15) is 10.4 Å². The molecule has 0 aliphatic carbocycles. The van der Waals surface area contributed by atoms with Gasteiger partial charge < -0.3 is 9.30 Å². The number of carbonyl (C=O) groups is 1. The van der Waals surface area contributed by atoms with Gasteiger partial charge in [0.1, 0.15) is 7.85 Å². The van der Waals surface area contributed by atoms with E-state index in [1.54, 1.807) is 0 Å². The number of carbonyl (C=O) groups excluding carboxylic acids is 1. The lowest BCUT2D eigenvalue weighted by atomic mass is 9.92. The molecule has 0 amide bonds. The molecule has 0 radical (unpaired) electrons. The highest BCUT2D eigenvalue weighted by Crippen LogP contribution is 2.18. The maximum absolute atomic E-state index is 11.6. The second kappa shape index (κ2) is 3.46. The molecule has 0 aliphatic heterocycles. The topological polar surface area (TPSA) is 31.2 Å². The van der Waals surface area contributed by atoms with Gasteiger partial charge in [-0.25, -0.2) is 4.79 Å². The van der Waals surface area contributed by atoms with Crippen LogP contribution in [0.3, 0.4) is 0 Å². The number of aryl methyl sites for hydroxylation is 1. The number of fused-ring (bicyclic) bond motifs is 1. The molecule has 1 aromatic carbocycles. The Balaban J connectivity index is 2.78. The van der Waals surface area contributed by atoms with E-state index in [2.05, 4.69) is 6.07 Å². The van der Waals surface area contributed by atoms with E-state index < -0.39 is 0 Å². The lowest BCUT2D eigenvalue weighted by molar-refractivity contribution is 0.0603. The second-order valence-corrected chi connectivity index (χ2v) is 3.66. The van der Waals surface area contributed by atoms with Crippen LogP contribution in [-0.2, 0) is 11.8 Å². The molecule has 0 saturated heterocycles. The molecule has 3 nitrogen and oxygen atoms in total. The van der Waals surface area contributed by atoms with Crippen molar-refractivity contribution in [1.82, 2.24) is 4.57 Å². The number of nitrogens with zero attached hydrogens (tertiary/aromatic N) is 1. The first-order chi connectivity index (χ1) is 7.13. The van der Waals surface area contributed by atoms with Crippen molar-refractivity contribution in [3.63, 3.8) is 0 Å².